The number of aromatic nitrogens is 3. The molecule has 2 aromatic rings. The Kier molecular flexibility index (Phi) is 6.65. The Morgan fingerprint density at radius 3 is 2.84 bits per heavy atom. The van der Waals surface area contributed by atoms with E-state index in [-0.39, 0.29) is 23.1 Å². The smallest absolute Gasteiger partial charge is 0.240 e. The van der Waals surface area contributed by atoms with Gasteiger partial charge in [-0.15, -0.1) is 10.2 Å². The third kappa shape index (κ3) is 4.49. The first-order valence-corrected chi connectivity index (χ1v) is 12.1. The first kappa shape index (κ1) is 21.9. The molecule has 1 aromatic heterocycles. The van der Waals surface area contributed by atoms with Gasteiger partial charge in [-0.3, -0.25) is 9.59 Å². The van der Waals surface area contributed by atoms with Gasteiger partial charge in [0, 0.05) is 31.2 Å². The van der Waals surface area contributed by atoms with Gasteiger partial charge in [0.05, 0.1) is 11.8 Å². The Bertz CT molecular complexity index is 959. The van der Waals surface area contributed by atoms with E-state index in [9.17, 15) is 9.59 Å². The number of para-hydroxylation sites is 1. The minimum atomic E-state index is -0.282. The van der Waals surface area contributed by atoms with Crippen LogP contribution in [0.2, 0.25) is 0 Å². The predicted molar refractivity (Wildman–Crippen MR) is 122 cm³/mol. The Hall–Kier alpha value is -2.35. The zero-order valence-corrected chi connectivity index (χ0v) is 19.4. The summed E-state index contributed by atoms with van der Waals surface area (Å²) in [7, 11) is 0. The molecular weight excluding hydrogens is 410 g/mol. The Morgan fingerprint density at radius 2 is 2.03 bits per heavy atom. The van der Waals surface area contributed by atoms with Crippen LogP contribution in [0.15, 0.2) is 29.4 Å². The van der Waals surface area contributed by atoms with Crippen LogP contribution in [0.25, 0.3) is 0 Å². The lowest BCUT2D eigenvalue weighted by Gasteiger charge is -2.25. The van der Waals surface area contributed by atoms with Crippen LogP contribution in [0.5, 0.6) is 0 Å². The average Bonchev–Trinajstić information content (AvgIpc) is 3.22. The van der Waals surface area contributed by atoms with Crippen LogP contribution in [-0.4, -0.2) is 49.3 Å². The van der Waals surface area contributed by atoms with Crippen molar-refractivity contribution in [2.24, 2.45) is 0 Å². The third-order valence-corrected chi connectivity index (χ3v) is 7.26. The fourth-order valence-corrected chi connectivity index (χ4v) is 5.50. The van der Waals surface area contributed by atoms with Gasteiger partial charge in [0.1, 0.15) is 0 Å². The average molecular weight is 442 g/mol. The molecule has 4 rings (SSSR count). The highest BCUT2D eigenvalue weighted by molar-refractivity contribution is 8.00. The fraction of sp³-hybridized carbons (Fsp3) is 0.565. The molecular formula is C23H31N5O2S. The quantitative estimate of drug-likeness (QED) is 0.640. The number of nitrogens with zero attached hydrogens (tertiary/aromatic N) is 5. The molecule has 1 aromatic carbocycles. The molecule has 2 aliphatic heterocycles. The van der Waals surface area contributed by atoms with E-state index in [2.05, 4.69) is 23.2 Å². The van der Waals surface area contributed by atoms with Crippen LogP contribution in [0, 0.1) is 0 Å². The van der Waals surface area contributed by atoms with Crippen molar-refractivity contribution in [2.45, 2.75) is 82.4 Å². The highest BCUT2D eigenvalue weighted by atomic mass is 32.2. The Balaban J connectivity index is 1.48. The number of carbonyl (C=O) groups is 2. The SMILES string of the molecule is CCn1c(CN2CCCCCC2=O)nnc1S[C@@H](C)C(=O)N1c2ccccc2C[C@H]1C. The molecule has 0 unspecified atom stereocenters. The van der Waals surface area contributed by atoms with Gasteiger partial charge in [-0.1, -0.05) is 36.4 Å². The summed E-state index contributed by atoms with van der Waals surface area (Å²) in [5, 5.41) is 9.22. The molecule has 3 heterocycles. The molecule has 0 radical (unpaired) electrons. The zero-order valence-electron chi connectivity index (χ0n) is 18.6. The molecule has 1 saturated heterocycles. The lowest BCUT2D eigenvalue weighted by molar-refractivity contribution is -0.131. The van der Waals surface area contributed by atoms with E-state index in [1.165, 1.54) is 17.3 Å². The second-order valence-corrected chi connectivity index (χ2v) is 9.73. The van der Waals surface area contributed by atoms with E-state index in [1.54, 1.807) is 0 Å². The van der Waals surface area contributed by atoms with Crippen LogP contribution in [0.4, 0.5) is 5.69 Å². The molecule has 166 valence electrons. The van der Waals surface area contributed by atoms with E-state index in [4.69, 9.17) is 0 Å². The van der Waals surface area contributed by atoms with Crippen molar-refractivity contribution in [3.8, 4) is 0 Å². The van der Waals surface area contributed by atoms with Crippen LogP contribution in [-0.2, 0) is 29.1 Å². The molecule has 2 aliphatic rings. The second kappa shape index (κ2) is 9.42. The fourth-order valence-electron chi connectivity index (χ4n) is 4.52. The summed E-state index contributed by atoms with van der Waals surface area (Å²) >= 11 is 1.45. The molecule has 7 nitrogen and oxygen atoms in total. The Morgan fingerprint density at radius 1 is 1.23 bits per heavy atom. The van der Waals surface area contributed by atoms with Crippen molar-refractivity contribution in [3.05, 3.63) is 35.7 Å². The minimum Gasteiger partial charge on any atom is -0.335 e. The summed E-state index contributed by atoms with van der Waals surface area (Å²) in [5.74, 6) is 1.08. The van der Waals surface area contributed by atoms with Crippen LogP contribution in [0.3, 0.4) is 0 Å². The zero-order chi connectivity index (χ0) is 22.0. The highest BCUT2D eigenvalue weighted by Gasteiger charge is 2.34. The number of thioether (sulfide) groups is 1. The molecule has 0 N–H and O–H groups in total. The van der Waals surface area contributed by atoms with Crippen LogP contribution >= 0.6 is 11.8 Å². The first-order valence-electron chi connectivity index (χ1n) is 11.3. The van der Waals surface area contributed by atoms with Gasteiger partial charge in [0.15, 0.2) is 11.0 Å². The topological polar surface area (TPSA) is 71.3 Å². The summed E-state index contributed by atoms with van der Waals surface area (Å²) < 4.78 is 2.04. The highest BCUT2D eigenvalue weighted by Crippen LogP contribution is 2.34. The number of benzene rings is 1. The maximum absolute atomic E-state index is 13.3. The largest absolute Gasteiger partial charge is 0.335 e. The number of anilines is 1. The van der Waals surface area contributed by atoms with E-state index in [0.717, 1.165) is 48.9 Å². The molecule has 0 bridgehead atoms. The number of rotatable bonds is 6. The lowest BCUT2D eigenvalue weighted by atomic mass is 10.1. The standard InChI is InChI=1S/C23H31N5O2S/c1-4-27-20(15-26-13-9-5-6-12-21(26)29)24-25-23(27)31-17(3)22(30)28-16(2)14-18-10-7-8-11-19(18)28/h7-8,10-11,16-17H,4-6,9,12-15H2,1-3H3/t16-,17+/m1/s1. The number of amides is 2. The molecule has 0 aliphatic carbocycles. The number of hydrogen-bond acceptors (Lipinski definition) is 5. The minimum absolute atomic E-state index is 0.0948. The van der Waals surface area contributed by atoms with E-state index >= 15 is 0 Å². The summed E-state index contributed by atoms with van der Waals surface area (Å²) in [5.41, 5.74) is 2.24. The Labute approximate surface area is 188 Å². The molecule has 0 saturated carbocycles. The number of fused-ring (bicyclic) bond motifs is 1. The van der Waals surface area contributed by atoms with Crippen molar-refractivity contribution in [1.29, 1.82) is 0 Å². The van der Waals surface area contributed by atoms with Gasteiger partial charge >= 0.3 is 0 Å². The molecule has 2 amide bonds. The summed E-state index contributed by atoms with van der Waals surface area (Å²) in [6.07, 6.45) is 4.60. The third-order valence-electron chi connectivity index (χ3n) is 6.19. The van der Waals surface area contributed by atoms with Crippen LogP contribution in [0.1, 0.15) is 57.8 Å². The van der Waals surface area contributed by atoms with Crippen molar-refractivity contribution < 1.29 is 9.59 Å². The molecule has 1 fully saturated rings. The van der Waals surface area contributed by atoms with Crippen molar-refractivity contribution in [1.82, 2.24) is 19.7 Å². The molecule has 31 heavy (non-hydrogen) atoms. The van der Waals surface area contributed by atoms with Gasteiger partial charge in [0.2, 0.25) is 11.8 Å². The first-order chi connectivity index (χ1) is 15.0. The molecule has 8 heteroatoms. The lowest BCUT2D eigenvalue weighted by Crippen LogP contribution is -2.40. The summed E-state index contributed by atoms with van der Waals surface area (Å²) in [4.78, 5) is 29.5. The summed E-state index contributed by atoms with van der Waals surface area (Å²) in [6, 6.07) is 8.29. The predicted octanol–water partition coefficient (Wildman–Crippen LogP) is 3.66. The maximum Gasteiger partial charge on any atom is 0.240 e. The van der Waals surface area contributed by atoms with E-state index in [1.807, 2.05) is 46.4 Å². The van der Waals surface area contributed by atoms with Crippen molar-refractivity contribution in [3.63, 3.8) is 0 Å². The van der Waals surface area contributed by atoms with Crippen LogP contribution < -0.4 is 4.90 Å². The summed E-state index contributed by atoms with van der Waals surface area (Å²) in [6.45, 7) is 8.05. The normalized spacial score (nSPS) is 20.0. The van der Waals surface area contributed by atoms with Crippen molar-refractivity contribution in [2.75, 3.05) is 11.4 Å². The van der Waals surface area contributed by atoms with Gasteiger partial charge in [-0.2, -0.15) is 0 Å². The molecule has 2 atom stereocenters. The second-order valence-electron chi connectivity index (χ2n) is 8.42. The van der Waals surface area contributed by atoms with Gasteiger partial charge < -0.3 is 14.4 Å². The molecule has 0 spiro atoms. The monoisotopic (exact) mass is 441 g/mol. The number of carbonyl (C=O) groups excluding carboxylic acids is 2. The van der Waals surface area contributed by atoms with Gasteiger partial charge in [-0.05, 0) is 51.7 Å². The number of hydrogen-bond donors (Lipinski definition) is 0. The maximum atomic E-state index is 13.3. The van der Waals surface area contributed by atoms with Crippen molar-refractivity contribution >= 4 is 29.3 Å². The number of likely N-dealkylation sites (tertiary alicyclic amines) is 1. The van der Waals surface area contributed by atoms with E-state index in [0.29, 0.717) is 19.5 Å². The van der Waals surface area contributed by atoms with Gasteiger partial charge in [0.25, 0.3) is 0 Å². The van der Waals surface area contributed by atoms with Gasteiger partial charge in [-0.25, -0.2) is 0 Å². The van der Waals surface area contributed by atoms with E-state index < -0.39 is 0 Å².